The minimum absolute atomic E-state index is 0.279. The highest BCUT2D eigenvalue weighted by atomic mass is 16.6. The normalized spacial score (nSPS) is 12.3. The molecule has 7 nitrogen and oxygen atoms in total. The molecule has 0 aromatic carbocycles. The van der Waals surface area contributed by atoms with Crippen molar-refractivity contribution in [3.63, 3.8) is 0 Å². The molecule has 26 heavy (non-hydrogen) atoms. The van der Waals surface area contributed by atoms with Gasteiger partial charge in [-0.15, -0.1) is 0 Å². The van der Waals surface area contributed by atoms with Crippen LogP contribution < -0.4 is 5.32 Å². The van der Waals surface area contributed by atoms with Gasteiger partial charge in [-0.25, -0.2) is 14.4 Å². The van der Waals surface area contributed by atoms with Gasteiger partial charge < -0.3 is 19.5 Å². The van der Waals surface area contributed by atoms with E-state index in [0.29, 0.717) is 19.4 Å². The van der Waals surface area contributed by atoms with E-state index in [-0.39, 0.29) is 5.57 Å². The lowest BCUT2D eigenvalue weighted by Gasteiger charge is -2.19. The van der Waals surface area contributed by atoms with Crippen LogP contribution in [0.25, 0.3) is 0 Å². The molecule has 0 aromatic rings. The topological polar surface area (TPSA) is 90.9 Å². The minimum atomic E-state index is -0.623. The third-order valence-corrected chi connectivity index (χ3v) is 2.94. The van der Waals surface area contributed by atoms with Gasteiger partial charge in [-0.2, -0.15) is 0 Å². The molecule has 0 saturated heterocycles. The summed E-state index contributed by atoms with van der Waals surface area (Å²) in [6.45, 7) is 11.2. The maximum Gasteiger partial charge on any atom is 0.407 e. The Hall–Kier alpha value is -2.05. The van der Waals surface area contributed by atoms with Crippen molar-refractivity contribution in [3.8, 4) is 0 Å². The maximum absolute atomic E-state index is 11.8. The smallest absolute Gasteiger partial charge is 0.407 e. The van der Waals surface area contributed by atoms with Crippen molar-refractivity contribution in [2.75, 3.05) is 13.7 Å². The summed E-state index contributed by atoms with van der Waals surface area (Å²) in [5, 5.41) is 2.68. The summed E-state index contributed by atoms with van der Waals surface area (Å²) in [5.74, 6) is -1.10. The fraction of sp³-hybridized carbons (Fsp3) is 0.737. The van der Waals surface area contributed by atoms with Gasteiger partial charge in [0.15, 0.2) is 0 Å². The van der Waals surface area contributed by atoms with Crippen molar-refractivity contribution in [1.29, 1.82) is 0 Å². The van der Waals surface area contributed by atoms with Gasteiger partial charge in [-0.1, -0.05) is 6.42 Å². The quantitative estimate of drug-likeness (QED) is 0.304. The van der Waals surface area contributed by atoms with Gasteiger partial charge >= 0.3 is 18.0 Å². The summed E-state index contributed by atoms with van der Waals surface area (Å²) < 4.78 is 15.0. The van der Waals surface area contributed by atoms with Crippen LogP contribution in [0.1, 0.15) is 67.2 Å². The monoisotopic (exact) mass is 371 g/mol. The largest absolute Gasteiger partial charge is 0.466 e. The van der Waals surface area contributed by atoms with Gasteiger partial charge in [0.2, 0.25) is 0 Å². The number of nitrogens with one attached hydrogen (secondary N) is 1. The van der Waals surface area contributed by atoms with Crippen molar-refractivity contribution >= 4 is 18.0 Å². The van der Waals surface area contributed by atoms with E-state index in [1.807, 2.05) is 0 Å². The van der Waals surface area contributed by atoms with E-state index in [1.54, 1.807) is 41.5 Å². The summed E-state index contributed by atoms with van der Waals surface area (Å²) in [5.41, 5.74) is -0.865. The van der Waals surface area contributed by atoms with Crippen molar-refractivity contribution in [2.24, 2.45) is 0 Å². The first-order valence-electron chi connectivity index (χ1n) is 8.83. The van der Waals surface area contributed by atoms with Gasteiger partial charge in [0.25, 0.3) is 0 Å². The van der Waals surface area contributed by atoms with E-state index in [2.05, 4.69) is 5.32 Å². The molecule has 1 amide bonds. The van der Waals surface area contributed by atoms with Crippen LogP contribution in [-0.4, -0.2) is 42.9 Å². The fourth-order valence-electron chi connectivity index (χ4n) is 1.96. The number of alkyl carbamates (subject to hydrolysis) is 1. The third kappa shape index (κ3) is 13.3. The molecule has 0 radical (unpaired) electrons. The molecule has 0 aliphatic carbocycles. The van der Waals surface area contributed by atoms with Crippen molar-refractivity contribution in [3.05, 3.63) is 11.6 Å². The standard InChI is InChI=1S/C19H33NO6/c1-18(2,3)25-15(21)13-14(16(22)24-7)11-9-8-10-12-20-17(23)26-19(4,5)6/h13H,8-12H2,1-7H3,(H,20,23)/b14-13-. The van der Waals surface area contributed by atoms with E-state index >= 15 is 0 Å². The number of esters is 2. The molecule has 0 heterocycles. The highest BCUT2D eigenvalue weighted by Crippen LogP contribution is 2.14. The SMILES string of the molecule is COC(=O)/C(=C\C(=O)OC(C)(C)C)CCCCCNC(=O)OC(C)(C)C. The Morgan fingerprint density at radius 3 is 1.96 bits per heavy atom. The Bertz CT molecular complexity index is 511. The van der Waals surface area contributed by atoms with E-state index in [4.69, 9.17) is 14.2 Å². The second-order valence-corrected chi connectivity index (χ2v) is 7.93. The highest BCUT2D eigenvalue weighted by molar-refractivity contribution is 5.96. The molecule has 0 aliphatic heterocycles. The van der Waals surface area contributed by atoms with Gasteiger partial charge in [-0.05, 0) is 60.8 Å². The second kappa shape index (κ2) is 10.8. The molecule has 0 rings (SSSR count). The lowest BCUT2D eigenvalue weighted by molar-refractivity contribution is -0.149. The lowest BCUT2D eigenvalue weighted by Crippen LogP contribution is -2.32. The van der Waals surface area contributed by atoms with Crippen LogP contribution in [-0.2, 0) is 23.8 Å². The molecule has 0 spiro atoms. The zero-order valence-corrected chi connectivity index (χ0v) is 17.1. The molecule has 0 aromatic heterocycles. The highest BCUT2D eigenvalue weighted by Gasteiger charge is 2.18. The van der Waals surface area contributed by atoms with E-state index in [9.17, 15) is 14.4 Å². The number of methoxy groups -OCH3 is 1. The summed E-state index contributed by atoms with van der Waals surface area (Å²) in [7, 11) is 1.27. The Morgan fingerprint density at radius 1 is 0.885 bits per heavy atom. The second-order valence-electron chi connectivity index (χ2n) is 7.93. The molecule has 0 fully saturated rings. The molecular formula is C19H33NO6. The Morgan fingerprint density at radius 2 is 1.46 bits per heavy atom. The maximum atomic E-state index is 11.8. The Balaban J connectivity index is 4.30. The number of amides is 1. The summed E-state index contributed by atoms with van der Waals surface area (Å²) in [6, 6.07) is 0. The van der Waals surface area contributed by atoms with Crippen molar-refractivity contribution in [1.82, 2.24) is 5.32 Å². The number of hydrogen-bond donors (Lipinski definition) is 1. The van der Waals surface area contributed by atoms with Crippen molar-refractivity contribution in [2.45, 2.75) is 78.4 Å². The molecule has 1 N–H and O–H groups in total. The van der Waals surface area contributed by atoms with Crippen LogP contribution >= 0.6 is 0 Å². The van der Waals surface area contributed by atoms with Gasteiger partial charge in [0.1, 0.15) is 11.2 Å². The molecule has 0 atom stereocenters. The predicted octanol–water partition coefficient (Wildman–Crippen LogP) is 3.51. The summed E-state index contributed by atoms with van der Waals surface area (Å²) in [4.78, 5) is 35.1. The van der Waals surface area contributed by atoms with Crippen LogP contribution in [0.2, 0.25) is 0 Å². The fourth-order valence-corrected chi connectivity index (χ4v) is 1.96. The Kier molecular flexibility index (Phi) is 9.98. The van der Waals surface area contributed by atoms with E-state index < -0.39 is 29.2 Å². The van der Waals surface area contributed by atoms with Gasteiger partial charge in [0.05, 0.1) is 7.11 Å². The van der Waals surface area contributed by atoms with Crippen LogP contribution in [0.3, 0.4) is 0 Å². The number of carbonyl (C=O) groups excluding carboxylic acids is 3. The third-order valence-electron chi connectivity index (χ3n) is 2.94. The zero-order valence-electron chi connectivity index (χ0n) is 17.1. The summed E-state index contributed by atoms with van der Waals surface area (Å²) >= 11 is 0. The average molecular weight is 371 g/mol. The predicted molar refractivity (Wildman–Crippen MR) is 98.6 cm³/mol. The molecule has 0 aliphatic rings. The number of hydrogen-bond acceptors (Lipinski definition) is 6. The molecular weight excluding hydrogens is 338 g/mol. The molecule has 0 saturated carbocycles. The zero-order chi connectivity index (χ0) is 20.4. The number of rotatable bonds is 8. The van der Waals surface area contributed by atoms with Crippen LogP contribution in [0.5, 0.6) is 0 Å². The number of carbonyl (C=O) groups is 3. The van der Waals surface area contributed by atoms with Crippen molar-refractivity contribution < 1.29 is 28.6 Å². The van der Waals surface area contributed by atoms with Gasteiger partial charge in [-0.3, -0.25) is 0 Å². The van der Waals surface area contributed by atoms with E-state index in [0.717, 1.165) is 12.8 Å². The van der Waals surface area contributed by atoms with Crippen LogP contribution in [0, 0.1) is 0 Å². The molecule has 7 heteroatoms. The Labute approximate surface area is 156 Å². The molecule has 0 bridgehead atoms. The lowest BCUT2D eigenvalue weighted by atomic mass is 10.1. The molecule has 0 unspecified atom stereocenters. The first kappa shape index (κ1) is 23.9. The summed E-state index contributed by atoms with van der Waals surface area (Å²) in [6.07, 6.45) is 3.34. The average Bonchev–Trinajstić information content (AvgIpc) is 2.44. The first-order valence-corrected chi connectivity index (χ1v) is 8.83. The molecule has 150 valence electrons. The number of unbranched alkanes of at least 4 members (excludes halogenated alkanes) is 2. The van der Waals surface area contributed by atoms with Gasteiger partial charge in [0, 0.05) is 18.2 Å². The van der Waals surface area contributed by atoms with E-state index in [1.165, 1.54) is 13.2 Å². The first-order chi connectivity index (χ1) is 11.8. The minimum Gasteiger partial charge on any atom is -0.466 e. The van der Waals surface area contributed by atoms with Crippen LogP contribution in [0.15, 0.2) is 11.6 Å². The number of ether oxygens (including phenoxy) is 3. The van der Waals surface area contributed by atoms with Crippen LogP contribution in [0.4, 0.5) is 4.79 Å².